The lowest BCUT2D eigenvalue weighted by atomic mass is 10.1. The van der Waals surface area contributed by atoms with E-state index in [0.717, 1.165) is 29.8 Å². The van der Waals surface area contributed by atoms with Crippen LogP contribution in [0.1, 0.15) is 11.1 Å². The minimum atomic E-state index is 0.822. The second-order valence-electron chi connectivity index (χ2n) is 3.18. The van der Waals surface area contributed by atoms with E-state index in [0.29, 0.717) is 0 Å². The van der Waals surface area contributed by atoms with E-state index < -0.39 is 0 Å². The van der Waals surface area contributed by atoms with E-state index in [-0.39, 0.29) is 0 Å². The normalized spacial score (nSPS) is 14.0. The van der Waals surface area contributed by atoms with Crippen molar-refractivity contribution in [1.82, 2.24) is 5.32 Å². The average Bonchev–Trinajstić information content (AvgIpc) is 2.52. The van der Waals surface area contributed by atoms with Crippen LogP contribution in [-0.4, -0.2) is 13.7 Å². The first-order valence-corrected chi connectivity index (χ1v) is 5.19. The van der Waals surface area contributed by atoms with E-state index in [9.17, 15) is 0 Å². The van der Waals surface area contributed by atoms with Gasteiger partial charge in [0, 0.05) is 23.0 Å². The van der Waals surface area contributed by atoms with Crippen LogP contribution >= 0.6 is 15.9 Å². The van der Waals surface area contributed by atoms with E-state index in [4.69, 9.17) is 4.74 Å². The van der Waals surface area contributed by atoms with Crippen molar-refractivity contribution in [1.29, 1.82) is 0 Å². The molecule has 0 saturated heterocycles. The average molecular weight is 242 g/mol. The zero-order valence-corrected chi connectivity index (χ0v) is 9.15. The Morgan fingerprint density at radius 2 is 2.38 bits per heavy atom. The van der Waals surface area contributed by atoms with Crippen LogP contribution in [0.2, 0.25) is 0 Å². The van der Waals surface area contributed by atoms with Gasteiger partial charge in [0.1, 0.15) is 5.75 Å². The first kappa shape index (κ1) is 9.03. The summed E-state index contributed by atoms with van der Waals surface area (Å²) >= 11 is 3.50. The maximum atomic E-state index is 5.58. The summed E-state index contributed by atoms with van der Waals surface area (Å²) < 4.78 is 6.72. The van der Waals surface area contributed by atoms with Crippen LogP contribution in [0.15, 0.2) is 16.6 Å². The number of hydrogen-bond donors (Lipinski definition) is 1. The lowest BCUT2D eigenvalue weighted by Crippen LogP contribution is -2.06. The first-order chi connectivity index (χ1) is 6.31. The van der Waals surface area contributed by atoms with Crippen molar-refractivity contribution in [2.24, 2.45) is 0 Å². The van der Waals surface area contributed by atoms with Crippen molar-refractivity contribution in [3.63, 3.8) is 0 Å². The summed E-state index contributed by atoms with van der Waals surface area (Å²) in [4.78, 5) is 0. The van der Waals surface area contributed by atoms with Gasteiger partial charge in [-0.15, -0.1) is 0 Å². The Labute approximate surface area is 86.4 Å². The van der Waals surface area contributed by atoms with Crippen LogP contribution < -0.4 is 10.1 Å². The Morgan fingerprint density at radius 3 is 3.15 bits per heavy atom. The number of ether oxygens (including phenoxy) is 1. The lowest BCUT2D eigenvalue weighted by Gasteiger charge is -2.07. The molecular formula is C10H12BrNO. The highest BCUT2D eigenvalue weighted by atomic mass is 79.9. The SMILES string of the molecule is CNCc1cc(Br)cc2c1OCC2. The number of hydrogen-bond acceptors (Lipinski definition) is 2. The fourth-order valence-electron chi connectivity index (χ4n) is 1.67. The molecule has 0 spiro atoms. The standard InChI is InChI=1S/C10H12BrNO/c1-12-6-8-5-9(11)4-7-2-3-13-10(7)8/h4-5,12H,2-3,6H2,1H3. The molecule has 1 aromatic carbocycles. The minimum absolute atomic E-state index is 0.822. The third kappa shape index (κ3) is 1.71. The monoisotopic (exact) mass is 241 g/mol. The molecule has 1 aromatic rings. The topological polar surface area (TPSA) is 21.3 Å². The van der Waals surface area contributed by atoms with E-state index in [1.165, 1.54) is 11.1 Å². The molecule has 70 valence electrons. The first-order valence-electron chi connectivity index (χ1n) is 4.40. The molecule has 0 radical (unpaired) electrons. The Morgan fingerprint density at radius 1 is 1.54 bits per heavy atom. The smallest absolute Gasteiger partial charge is 0.127 e. The molecule has 0 aliphatic carbocycles. The molecule has 0 unspecified atom stereocenters. The van der Waals surface area contributed by atoms with Crippen LogP contribution in [0.3, 0.4) is 0 Å². The molecule has 2 nitrogen and oxygen atoms in total. The summed E-state index contributed by atoms with van der Waals surface area (Å²) in [5.74, 6) is 1.08. The highest BCUT2D eigenvalue weighted by Gasteiger charge is 2.16. The molecule has 2 rings (SSSR count). The van der Waals surface area contributed by atoms with Gasteiger partial charge in [0.15, 0.2) is 0 Å². The molecule has 1 N–H and O–H groups in total. The van der Waals surface area contributed by atoms with Crippen molar-refractivity contribution < 1.29 is 4.74 Å². The van der Waals surface area contributed by atoms with Crippen molar-refractivity contribution >= 4 is 15.9 Å². The number of fused-ring (bicyclic) bond motifs is 1. The number of halogens is 1. The zero-order chi connectivity index (χ0) is 9.26. The minimum Gasteiger partial charge on any atom is -0.493 e. The maximum absolute atomic E-state index is 5.58. The number of rotatable bonds is 2. The summed E-state index contributed by atoms with van der Waals surface area (Å²) in [5, 5.41) is 3.14. The molecule has 0 bridgehead atoms. The Bertz CT molecular complexity index is 325. The summed E-state index contributed by atoms with van der Waals surface area (Å²) in [6, 6.07) is 4.25. The van der Waals surface area contributed by atoms with E-state index in [2.05, 4.69) is 33.4 Å². The van der Waals surface area contributed by atoms with Gasteiger partial charge >= 0.3 is 0 Å². The summed E-state index contributed by atoms with van der Waals surface area (Å²) in [6.07, 6.45) is 1.03. The molecule has 1 aliphatic rings. The van der Waals surface area contributed by atoms with Crippen LogP contribution in [0.4, 0.5) is 0 Å². The van der Waals surface area contributed by atoms with Gasteiger partial charge in [-0.25, -0.2) is 0 Å². The molecule has 0 fully saturated rings. The molecule has 1 heterocycles. The Hall–Kier alpha value is -0.540. The number of benzene rings is 1. The molecule has 0 aromatic heterocycles. The van der Waals surface area contributed by atoms with Gasteiger partial charge in [0.25, 0.3) is 0 Å². The summed E-state index contributed by atoms with van der Waals surface area (Å²) in [5.41, 5.74) is 2.56. The van der Waals surface area contributed by atoms with E-state index in [1.54, 1.807) is 0 Å². The van der Waals surface area contributed by atoms with Gasteiger partial charge in [0.05, 0.1) is 6.61 Å². The van der Waals surface area contributed by atoms with Crippen LogP contribution in [-0.2, 0) is 13.0 Å². The summed E-state index contributed by atoms with van der Waals surface area (Å²) in [7, 11) is 1.95. The van der Waals surface area contributed by atoms with Crippen LogP contribution in [0.5, 0.6) is 5.75 Å². The van der Waals surface area contributed by atoms with E-state index in [1.807, 2.05) is 7.05 Å². The second-order valence-corrected chi connectivity index (χ2v) is 4.10. The second kappa shape index (κ2) is 3.68. The Balaban J connectivity index is 2.43. The maximum Gasteiger partial charge on any atom is 0.127 e. The fraction of sp³-hybridized carbons (Fsp3) is 0.400. The van der Waals surface area contributed by atoms with Crippen molar-refractivity contribution in [3.05, 3.63) is 27.7 Å². The highest BCUT2D eigenvalue weighted by molar-refractivity contribution is 9.10. The molecular weight excluding hydrogens is 230 g/mol. The molecule has 3 heteroatoms. The third-order valence-electron chi connectivity index (χ3n) is 2.19. The largest absolute Gasteiger partial charge is 0.493 e. The van der Waals surface area contributed by atoms with Gasteiger partial charge in [-0.05, 0) is 24.7 Å². The van der Waals surface area contributed by atoms with Crippen LogP contribution in [0.25, 0.3) is 0 Å². The third-order valence-corrected chi connectivity index (χ3v) is 2.65. The van der Waals surface area contributed by atoms with Crippen molar-refractivity contribution in [3.8, 4) is 5.75 Å². The lowest BCUT2D eigenvalue weighted by molar-refractivity contribution is 0.353. The number of nitrogens with one attached hydrogen (secondary N) is 1. The highest BCUT2D eigenvalue weighted by Crippen LogP contribution is 2.32. The molecule has 0 atom stereocenters. The quantitative estimate of drug-likeness (QED) is 0.857. The van der Waals surface area contributed by atoms with Gasteiger partial charge in [-0.3, -0.25) is 0 Å². The van der Waals surface area contributed by atoms with Gasteiger partial charge < -0.3 is 10.1 Å². The Kier molecular flexibility index (Phi) is 2.56. The zero-order valence-electron chi connectivity index (χ0n) is 7.56. The van der Waals surface area contributed by atoms with Crippen molar-refractivity contribution in [2.75, 3.05) is 13.7 Å². The summed E-state index contributed by atoms with van der Waals surface area (Å²) in [6.45, 7) is 1.68. The van der Waals surface area contributed by atoms with Gasteiger partial charge in [-0.1, -0.05) is 15.9 Å². The van der Waals surface area contributed by atoms with Crippen molar-refractivity contribution in [2.45, 2.75) is 13.0 Å². The van der Waals surface area contributed by atoms with Gasteiger partial charge in [0.2, 0.25) is 0 Å². The molecule has 0 saturated carbocycles. The van der Waals surface area contributed by atoms with Gasteiger partial charge in [-0.2, -0.15) is 0 Å². The predicted octanol–water partition coefficient (Wildman–Crippen LogP) is 2.10. The molecule has 13 heavy (non-hydrogen) atoms. The molecule has 0 amide bonds. The fourth-order valence-corrected chi connectivity index (χ4v) is 2.22. The van der Waals surface area contributed by atoms with Crippen LogP contribution in [0, 0.1) is 0 Å². The van der Waals surface area contributed by atoms with E-state index >= 15 is 0 Å². The predicted molar refractivity (Wildman–Crippen MR) is 56.1 cm³/mol. The molecule has 1 aliphatic heterocycles.